The van der Waals surface area contributed by atoms with Gasteiger partial charge in [-0.15, -0.1) is 0 Å². The first-order chi connectivity index (χ1) is 16.2. The van der Waals surface area contributed by atoms with Crippen molar-refractivity contribution in [1.82, 2.24) is 19.9 Å². The number of piperazine rings is 1. The molecule has 1 atom stereocenters. The number of H-pyrrole nitrogens is 1. The van der Waals surface area contributed by atoms with Crippen LogP contribution in [-0.2, 0) is 11.2 Å². The zero-order chi connectivity index (χ0) is 22.4. The van der Waals surface area contributed by atoms with Crippen LogP contribution in [0.25, 0.3) is 22.2 Å². The maximum atomic E-state index is 13.3. The van der Waals surface area contributed by atoms with E-state index in [-0.39, 0.29) is 5.91 Å². The summed E-state index contributed by atoms with van der Waals surface area (Å²) in [6, 6.07) is 11.8. The zero-order valence-electron chi connectivity index (χ0n) is 17.9. The standard InChI is InChI=1S/C25H22ClN5O2/c26-17-13-16-14-22(25(32)31-11-9-30(10-12-31)18-1-5-27-6-2-18)33-23(16)21(15-17)19-3-7-28-24-20(19)4-8-29-24/h1-8,13,15,22H,9-12,14H2,(H,28,29). The van der Waals surface area contributed by atoms with Gasteiger partial charge in [-0.25, -0.2) is 4.98 Å². The number of amides is 1. The van der Waals surface area contributed by atoms with Gasteiger partial charge in [0.1, 0.15) is 11.4 Å². The molecule has 1 fully saturated rings. The van der Waals surface area contributed by atoms with E-state index in [9.17, 15) is 4.79 Å². The number of rotatable bonds is 3. The maximum Gasteiger partial charge on any atom is 0.264 e. The maximum absolute atomic E-state index is 13.3. The summed E-state index contributed by atoms with van der Waals surface area (Å²) in [7, 11) is 0. The third kappa shape index (κ3) is 3.58. The summed E-state index contributed by atoms with van der Waals surface area (Å²) in [5.41, 5.74) is 4.78. The number of fused-ring (bicyclic) bond motifs is 2. The molecule has 8 heteroatoms. The number of nitrogens with one attached hydrogen (secondary N) is 1. The first kappa shape index (κ1) is 20.1. The number of hydrogen-bond acceptors (Lipinski definition) is 5. The number of halogens is 1. The van der Waals surface area contributed by atoms with Crippen molar-refractivity contribution in [3.63, 3.8) is 0 Å². The summed E-state index contributed by atoms with van der Waals surface area (Å²) in [5.74, 6) is 0.769. The van der Waals surface area contributed by atoms with Crippen LogP contribution in [-0.4, -0.2) is 58.0 Å². The Bertz CT molecular complexity index is 1330. The number of hydrogen-bond donors (Lipinski definition) is 1. The summed E-state index contributed by atoms with van der Waals surface area (Å²) >= 11 is 6.47. The molecule has 0 aliphatic carbocycles. The molecule has 1 saturated heterocycles. The highest BCUT2D eigenvalue weighted by Gasteiger charge is 2.35. The lowest BCUT2D eigenvalue weighted by atomic mass is 9.99. The van der Waals surface area contributed by atoms with Crippen LogP contribution in [0.1, 0.15) is 5.56 Å². The number of pyridine rings is 2. The molecule has 0 radical (unpaired) electrons. The van der Waals surface area contributed by atoms with Crippen molar-refractivity contribution in [3.05, 3.63) is 71.8 Å². The largest absolute Gasteiger partial charge is 0.479 e. The van der Waals surface area contributed by atoms with Crippen LogP contribution in [0.5, 0.6) is 5.75 Å². The molecular formula is C25H22ClN5O2. The van der Waals surface area contributed by atoms with Gasteiger partial charge in [-0.3, -0.25) is 9.78 Å². The predicted octanol–water partition coefficient (Wildman–Crippen LogP) is 3.93. The highest BCUT2D eigenvalue weighted by atomic mass is 35.5. The smallest absolute Gasteiger partial charge is 0.264 e. The molecule has 2 aliphatic rings. The molecule has 1 amide bonds. The highest BCUT2D eigenvalue weighted by molar-refractivity contribution is 6.31. The van der Waals surface area contributed by atoms with E-state index in [1.54, 1.807) is 18.6 Å². The molecule has 1 unspecified atom stereocenters. The Balaban J connectivity index is 1.22. The Morgan fingerprint density at radius 2 is 1.85 bits per heavy atom. The van der Waals surface area contributed by atoms with E-state index in [1.807, 2.05) is 47.5 Å². The monoisotopic (exact) mass is 459 g/mol. The van der Waals surface area contributed by atoms with Crippen molar-refractivity contribution in [3.8, 4) is 16.9 Å². The van der Waals surface area contributed by atoms with Gasteiger partial charge in [0.15, 0.2) is 6.10 Å². The van der Waals surface area contributed by atoms with E-state index < -0.39 is 6.10 Å². The van der Waals surface area contributed by atoms with Gasteiger partial charge in [-0.05, 0) is 42.0 Å². The normalized spacial score (nSPS) is 17.8. The van der Waals surface area contributed by atoms with Gasteiger partial charge >= 0.3 is 0 Å². The van der Waals surface area contributed by atoms with Crippen molar-refractivity contribution in [2.75, 3.05) is 31.1 Å². The first-order valence-corrected chi connectivity index (χ1v) is 11.4. The molecule has 1 N–H and O–H groups in total. The first-order valence-electron chi connectivity index (χ1n) is 11.0. The number of aromatic amines is 1. The summed E-state index contributed by atoms with van der Waals surface area (Å²) < 4.78 is 6.30. The summed E-state index contributed by atoms with van der Waals surface area (Å²) in [6.07, 6.45) is 7.21. The van der Waals surface area contributed by atoms with Gasteiger partial charge in [-0.2, -0.15) is 0 Å². The number of aromatic nitrogens is 3. The molecular weight excluding hydrogens is 438 g/mol. The van der Waals surface area contributed by atoms with Crippen molar-refractivity contribution >= 4 is 34.2 Å². The Morgan fingerprint density at radius 3 is 2.67 bits per heavy atom. The topological polar surface area (TPSA) is 74.4 Å². The van der Waals surface area contributed by atoms with Crippen LogP contribution in [0.3, 0.4) is 0 Å². The van der Waals surface area contributed by atoms with Crippen LogP contribution in [0, 0.1) is 0 Å². The van der Waals surface area contributed by atoms with Crippen molar-refractivity contribution in [1.29, 1.82) is 0 Å². The Kier molecular flexibility index (Phi) is 4.91. The van der Waals surface area contributed by atoms with E-state index in [0.717, 1.165) is 52.3 Å². The molecule has 6 rings (SSSR count). The molecule has 2 aliphatic heterocycles. The fourth-order valence-electron chi connectivity index (χ4n) is 4.80. The van der Waals surface area contributed by atoms with Crippen LogP contribution in [0.2, 0.25) is 5.02 Å². The van der Waals surface area contributed by atoms with E-state index >= 15 is 0 Å². The number of ether oxygens (including phenoxy) is 1. The van der Waals surface area contributed by atoms with Gasteiger partial charge in [0.25, 0.3) is 5.91 Å². The lowest BCUT2D eigenvalue weighted by molar-refractivity contribution is -0.138. The Morgan fingerprint density at radius 1 is 1.03 bits per heavy atom. The van der Waals surface area contributed by atoms with Gasteiger partial charge in [0, 0.05) is 84.6 Å². The molecule has 0 spiro atoms. The van der Waals surface area contributed by atoms with Crippen LogP contribution >= 0.6 is 11.6 Å². The molecule has 5 heterocycles. The molecule has 1 aromatic carbocycles. The van der Waals surface area contributed by atoms with Crippen molar-refractivity contribution in [2.45, 2.75) is 12.5 Å². The third-order valence-corrected chi connectivity index (χ3v) is 6.66. The molecule has 4 aromatic rings. The molecule has 7 nitrogen and oxygen atoms in total. The van der Waals surface area contributed by atoms with E-state index in [2.05, 4.69) is 19.9 Å². The van der Waals surface area contributed by atoms with E-state index in [0.29, 0.717) is 24.5 Å². The lowest BCUT2D eigenvalue weighted by Crippen LogP contribution is -2.52. The van der Waals surface area contributed by atoms with Crippen LogP contribution in [0.4, 0.5) is 5.69 Å². The average Bonchev–Trinajstić information content (AvgIpc) is 3.51. The number of anilines is 1. The van der Waals surface area contributed by atoms with Crippen LogP contribution in [0.15, 0.2) is 61.2 Å². The second kappa shape index (κ2) is 8.08. The van der Waals surface area contributed by atoms with Crippen molar-refractivity contribution in [2.24, 2.45) is 0 Å². The summed E-state index contributed by atoms with van der Waals surface area (Å²) in [5, 5.41) is 1.62. The predicted molar refractivity (Wildman–Crippen MR) is 128 cm³/mol. The third-order valence-electron chi connectivity index (χ3n) is 6.44. The Labute approximate surface area is 196 Å². The molecule has 166 valence electrons. The minimum atomic E-state index is -0.534. The van der Waals surface area contributed by atoms with Gasteiger partial charge < -0.3 is 19.5 Å². The molecule has 0 bridgehead atoms. The molecule has 3 aromatic heterocycles. The van der Waals surface area contributed by atoms with Crippen molar-refractivity contribution < 1.29 is 9.53 Å². The fourth-order valence-corrected chi connectivity index (χ4v) is 5.04. The minimum absolute atomic E-state index is 0.0316. The SMILES string of the molecule is O=C(C1Cc2cc(Cl)cc(-c3ccnc4[nH]ccc34)c2O1)N1CCN(c2ccncc2)CC1. The Hall–Kier alpha value is -3.58. The second-order valence-electron chi connectivity index (χ2n) is 8.37. The number of nitrogens with zero attached hydrogens (tertiary/aromatic N) is 4. The fraction of sp³-hybridized carbons (Fsp3) is 0.240. The zero-order valence-corrected chi connectivity index (χ0v) is 18.6. The van der Waals surface area contributed by atoms with Crippen LogP contribution < -0.4 is 9.64 Å². The summed E-state index contributed by atoms with van der Waals surface area (Å²) in [4.78, 5) is 29.1. The second-order valence-corrected chi connectivity index (χ2v) is 8.80. The molecule has 0 saturated carbocycles. The highest BCUT2D eigenvalue weighted by Crippen LogP contribution is 2.43. The minimum Gasteiger partial charge on any atom is -0.479 e. The number of carbonyl (C=O) groups is 1. The molecule has 33 heavy (non-hydrogen) atoms. The number of benzene rings is 1. The van der Waals surface area contributed by atoms with Gasteiger partial charge in [0.05, 0.1) is 0 Å². The van der Waals surface area contributed by atoms with Gasteiger partial charge in [0.2, 0.25) is 0 Å². The van der Waals surface area contributed by atoms with E-state index in [4.69, 9.17) is 16.3 Å². The number of carbonyl (C=O) groups excluding carboxylic acids is 1. The lowest BCUT2D eigenvalue weighted by Gasteiger charge is -2.36. The quantitative estimate of drug-likeness (QED) is 0.502. The average molecular weight is 460 g/mol. The van der Waals surface area contributed by atoms with E-state index in [1.165, 1.54) is 0 Å². The summed E-state index contributed by atoms with van der Waals surface area (Å²) in [6.45, 7) is 2.91. The van der Waals surface area contributed by atoms with Gasteiger partial charge in [-0.1, -0.05) is 11.6 Å².